The van der Waals surface area contributed by atoms with E-state index < -0.39 is 6.10 Å². The lowest BCUT2D eigenvalue weighted by atomic mass is 10.1. The van der Waals surface area contributed by atoms with Crippen molar-refractivity contribution in [2.45, 2.75) is 64.4 Å². The van der Waals surface area contributed by atoms with Crippen molar-refractivity contribution in [2.75, 3.05) is 32.9 Å². The van der Waals surface area contributed by atoms with Gasteiger partial charge in [-0.2, -0.15) is 0 Å². The molecule has 2 aliphatic heterocycles. The number of hydrogen-bond acceptors (Lipinski definition) is 6. The van der Waals surface area contributed by atoms with Crippen molar-refractivity contribution in [1.29, 1.82) is 0 Å². The topological polar surface area (TPSA) is 63.2 Å². The van der Waals surface area contributed by atoms with Gasteiger partial charge in [-0.1, -0.05) is 18.2 Å². The molecule has 6 nitrogen and oxygen atoms in total. The molecule has 0 spiro atoms. The summed E-state index contributed by atoms with van der Waals surface area (Å²) in [7, 11) is 0. The summed E-state index contributed by atoms with van der Waals surface area (Å²) >= 11 is 0. The fraction of sp³-hybridized carbons (Fsp3) is 0.556. The van der Waals surface area contributed by atoms with Crippen molar-refractivity contribution in [3.05, 3.63) is 59.2 Å². The molecule has 2 N–H and O–H groups in total. The molecule has 4 rings (SSSR count). The molecule has 0 aliphatic carbocycles. The van der Waals surface area contributed by atoms with E-state index in [4.69, 9.17) is 14.2 Å². The van der Waals surface area contributed by atoms with Crippen LogP contribution in [0.3, 0.4) is 0 Å². The van der Waals surface area contributed by atoms with Crippen LogP contribution in [0.15, 0.2) is 42.5 Å². The summed E-state index contributed by atoms with van der Waals surface area (Å²) in [5.74, 6) is 1.71. The molecule has 0 unspecified atom stereocenters. The number of benzene rings is 2. The molecule has 0 aromatic heterocycles. The predicted octanol–water partition coefficient (Wildman–Crippen LogP) is 3.46. The first-order chi connectivity index (χ1) is 16.0. The maximum Gasteiger partial charge on any atom is 0.138 e. The normalized spacial score (nSPS) is 22.9. The van der Waals surface area contributed by atoms with Crippen LogP contribution in [0, 0.1) is 13.8 Å². The number of likely N-dealkylation sites (tertiary alicyclic amines) is 1. The van der Waals surface area contributed by atoms with Crippen LogP contribution < -0.4 is 14.8 Å². The van der Waals surface area contributed by atoms with Crippen LogP contribution in [0.25, 0.3) is 0 Å². The third-order valence-electron chi connectivity index (χ3n) is 6.65. The number of hydrogen-bond donors (Lipinski definition) is 2. The Balaban J connectivity index is 1.22. The molecular formula is C27H38N2O4. The maximum atomic E-state index is 10.5. The molecule has 0 bridgehead atoms. The van der Waals surface area contributed by atoms with Crippen molar-refractivity contribution in [3.63, 3.8) is 0 Å². The smallest absolute Gasteiger partial charge is 0.138 e. The van der Waals surface area contributed by atoms with Gasteiger partial charge >= 0.3 is 0 Å². The van der Waals surface area contributed by atoms with Gasteiger partial charge in [0.25, 0.3) is 0 Å². The Labute approximate surface area is 197 Å². The molecular weight excluding hydrogens is 416 g/mol. The van der Waals surface area contributed by atoms with Gasteiger partial charge in [0.1, 0.15) is 30.3 Å². The summed E-state index contributed by atoms with van der Waals surface area (Å²) in [6.45, 7) is 10.8. The first kappa shape index (κ1) is 24.0. The van der Waals surface area contributed by atoms with Crippen LogP contribution in [-0.2, 0) is 11.3 Å². The number of aliphatic hydroxyl groups excluding tert-OH is 1. The van der Waals surface area contributed by atoms with E-state index in [2.05, 4.69) is 49.2 Å². The SMILES string of the molecule is Cc1ccc(O[C@H]2CN(Cc3ccc(OC[C@H](C)NC4CCOCC4)cc3)C[C@@H]2O)cc1C. The summed E-state index contributed by atoms with van der Waals surface area (Å²) in [5, 5.41) is 14.1. The van der Waals surface area contributed by atoms with Crippen LogP contribution in [-0.4, -0.2) is 67.2 Å². The van der Waals surface area contributed by atoms with E-state index in [-0.39, 0.29) is 6.10 Å². The van der Waals surface area contributed by atoms with E-state index in [1.165, 1.54) is 16.7 Å². The van der Waals surface area contributed by atoms with Crippen LogP contribution >= 0.6 is 0 Å². The van der Waals surface area contributed by atoms with Gasteiger partial charge in [-0.15, -0.1) is 0 Å². The van der Waals surface area contributed by atoms with E-state index in [0.717, 1.165) is 44.1 Å². The summed E-state index contributed by atoms with van der Waals surface area (Å²) in [5.41, 5.74) is 3.65. The average Bonchev–Trinajstić information content (AvgIpc) is 3.15. The van der Waals surface area contributed by atoms with Gasteiger partial charge in [-0.3, -0.25) is 4.90 Å². The highest BCUT2D eigenvalue weighted by molar-refractivity contribution is 5.34. The Bertz CT molecular complexity index is 882. The molecule has 2 fully saturated rings. The quantitative estimate of drug-likeness (QED) is 0.605. The number of ether oxygens (including phenoxy) is 3. The van der Waals surface area contributed by atoms with E-state index in [1.807, 2.05) is 24.3 Å². The van der Waals surface area contributed by atoms with Gasteiger partial charge in [0, 0.05) is 44.9 Å². The largest absolute Gasteiger partial charge is 0.492 e. The van der Waals surface area contributed by atoms with Gasteiger partial charge in [-0.05, 0) is 74.6 Å². The second-order valence-corrected chi connectivity index (χ2v) is 9.57. The molecule has 0 radical (unpaired) electrons. The van der Waals surface area contributed by atoms with Gasteiger partial charge in [0.05, 0.1) is 0 Å². The van der Waals surface area contributed by atoms with E-state index >= 15 is 0 Å². The number of aliphatic hydroxyl groups is 1. The second-order valence-electron chi connectivity index (χ2n) is 9.57. The van der Waals surface area contributed by atoms with Crippen LogP contribution in [0.4, 0.5) is 0 Å². The summed E-state index contributed by atoms with van der Waals surface area (Å²) in [4.78, 5) is 2.24. The van der Waals surface area contributed by atoms with E-state index in [1.54, 1.807) is 0 Å². The molecule has 2 aromatic rings. The van der Waals surface area contributed by atoms with Crippen molar-refractivity contribution in [2.24, 2.45) is 0 Å². The van der Waals surface area contributed by atoms with E-state index in [0.29, 0.717) is 31.8 Å². The maximum absolute atomic E-state index is 10.5. The summed E-state index contributed by atoms with van der Waals surface area (Å²) < 4.78 is 17.5. The number of β-amino-alcohol motifs (C(OH)–C–C–N with tert-alkyl or cyclic N) is 1. The molecule has 0 amide bonds. The molecule has 6 heteroatoms. The lowest BCUT2D eigenvalue weighted by Gasteiger charge is -2.26. The zero-order chi connectivity index (χ0) is 23.2. The molecule has 2 heterocycles. The zero-order valence-electron chi connectivity index (χ0n) is 20.1. The summed E-state index contributed by atoms with van der Waals surface area (Å²) in [6, 6.07) is 15.2. The third kappa shape index (κ3) is 6.93. The minimum atomic E-state index is -0.487. The summed E-state index contributed by atoms with van der Waals surface area (Å²) in [6.07, 6.45) is 1.44. The lowest BCUT2D eigenvalue weighted by molar-refractivity contribution is 0.0732. The molecule has 3 atom stereocenters. The Kier molecular flexibility index (Phi) is 8.25. The minimum absolute atomic E-state index is 0.209. The third-order valence-corrected chi connectivity index (χ3v) is 6.65. The zero-order valence-corrected chi connectivity index (χ0v) is 20.1. The van der Waals surface area contributed by atoms with Gasteiger partial charge in [-0.25, -0.2) is 0 Å². The van der Waals surface area contributed by atoms with E-state index in [9.17, 15) is 5.11 Å². The van der Waals surface area contributed by atoms with Crippen molar-refractivity contribution >= 4 is 0 Å². The fourth-order valence-electron chi connectivity index (χ4n) is 4.52. The monoisotopic (exact) mass is 454 g/mol. The first-order valence-corrected chi connectivity index (χ1v) is 12.2. The second kappa shape index (κ2) is 11.3. The van der Waals surface area contributed by atoms with Crippen LogP contribution in [0.1, 0.15) is 36.5 Å². The minimum Gasteiger partial charge on any atom is -0.492 e. The lowest BCUT2D eigenvalue weighted by Crippen LogP contribution is -2.42. The predicted molar refractivity (Wildman–Crippen MR) is 130 cm³/mol. The Morgan fingerprint density at radius 3 is 2.48 bits per heavy atom. The molecule has 2 saturated heterocycles. The number of nitrogens with zero attached hydrogens (tertiary/aromatic N) is 1. The Morgan fingerprint density at radius 1 is 1.03 bits per heavy atom. The van der Waals surface area contributed by atoms with Crippen LogP contribution in [0.5, 0.6) is 11.5 Å². The highest BCUT2D eigenvalue weighted by Gasteiger charge is 2.33. The fourth-order valence-corrected chi connectivity index (χ4v) is 4.52. The Hall–Kier alpha value is -2.12. The highest BCUT2D eigenvalue weighted by atomic mass is 16.5. The van der Waals surface area contributed by atoms with Gasteiger partial charge < -0.3 is 24.6 Å². The first-order valence-electron chi connectivity index (χ1n) is 12.2. The number of aryl methyl sites for hydroxylation is 2. The van der Waals surface area contributed by atoms with Gasteiger partial charge in [0.2, 0.25) is 0 Å². The highest BCUT2D eigenvalue weighted by Crippen LogP contribution is 2.23. The Morgan fingerprint density at radius 2 is 1.76 bits per heavy atom. The molecule has 0 saturated carbocycles. The molecule has 33 heavy (non-hydrogen) atoms. The molecule has 180 valence electrons. The number of nitrogens with one attached hydrogen (secondary N) is 1. The number of rotatable bonds is 9. The average molecular weight is 455 g/mol. The molecule has 2 aliphatic rings. The van der Waals surface area contributed by atoms with Crippen molar-refractivity contribution in [1.82, 2.24) is 10.2 Å². The van der Waals surface area contributed by atoms with Gasteiger partial charge in [0.15, 0.2) is 0 Å². The van der Waals surface area contributed by atoms with Crippen molar-refractivity contribution in [3.8, 4) is 11.5 Å². The molecule has 2 aromatic carbocycles. The standard InChI is InChI=1S/C27H38N2O4/c1-19-4-7-25(14-20(19)2)33-27-17-29(16-26(27)30)15-22-5-8-24(9-6-22)32-18-21(3)28-23-10-12-31-13-11-23/h4-9,14,21,23,26-28,30H,10-13,15-18H2,1-3H3/t21-,26-,27-/m0/s1. The van der Waals surface area contributed by atoms with Crippen molar-refractivity contribution < 1.29 is 19.3 Å². The van der Waals surface area contributed by atoms with Crippen LogP contribution in [0.2, 0.25) is 0 Å².